The number of rotatable bonds is 4. The molecule has 0 aliphatic rings. The van der Waals surface area contributed by atoms with E-state index in [9.17, 15) is 4.79 Å². The van der Waals surface area contributed by atoms with Gasteiger partial charge in [-0.3, -0.25) is 4.79 Å². The van der Waals surface area contributed by atoms with Crippen LogP contribution in [0.1, 0.15) is 27.2 Å². The summed E-state index contributed by atoms with van der Waals surface area (Å²) < 4.78 is 0. The molecule has 0 fully saturated rings. The topological polar surface area (TPSA) is 46.3 Å². The lowest BCUT2D eigenvalue weighted by atomic mass is 9.84. The number of carbonyl (C=O) groups is 1. The zero-order valence-corrected chi connectivity index (χ0v) is 10.2. The highest BCUT2D eigenvalue weighted by molar-refractivity contribution is 5.79. The van der Waals surface area contributed by atoms with Crippen molar-refractivity contribution in [1.82, 2.24) is 4.90 Å². The van der Waals surface area contributed by atoms with Crippen LogP contribution in [0.3, 0.4) is 0 Å². The van der Waals surface area contributed by atoms with Gasteiger partial charge in [-0.05, 0) is 11.8 Å². The Morgan fingerprint density at radius 3 is 2.40 bits per heavy atom. The molecule has 0 spiro atoms. The zero-order chi connectivity index (χ0) is 12.1. The van der Waals surface area contributed by atoms with Crippen LogP contribution < -0.4 is 5.73 Å². The van der Waals surface area contributed by atoms with Gasteiger partial charge in [0.05, 0.1) is 12.5 Å². The van der Waals surface area contributed by atoms with E-state index in [1.165, 1.54) is 0 Å². The second-order valence-corrected chi connectivity index (χ2v) is 5.10. The Balaban J connectivity index is 4.42. The fourth-order valence-corrected chi connectivity index (χ4v) is 1.54. The molecule has 0 rings (SSSR count). The summed E-state index contributed by atoms with van der Waals surface area (Å²) in [6, 6.07) is 0. The lowest BCUT2D eigenvalue weighted by Gasteiger charge is -2.27. The number of terminal acetylenes is 1. The lowest BCUT2D eigenvalue weighted by molar-refractivity contribution is -0.134. The minimum atomic E-state index is -0.122. The van der Waals surface area contributed by atoms with Gasteiger partial charge in [0.15, 0.2) is 0 Å². The van der Waals surface area contributed by atoms with Crippen LogP contribution in [-0.4, -0.2) is 30.9 Å². The van der Waals surface area contributed by atoms with E-state index in [1.54, 1.807) is 11.9 Å². The second kappa shape index (κ2) is 5.77. The second-order valence-electron chi connectivity index (χ2n) is 5.10. The summed E-state index contributed by atoms with van der Waals surface area (Å²) in [5.74, 6) is 2.38. The molecular formula is C12H22N2O. The smallest absolute Gasteiger partial charge is 0.227 e. The van der Waals surface area contributed by atoms with Gasteiger partial charge in [-0.15, -0.1) is 6.42 Å². The van der Waals surface area contributed by atoms with Crippen molar-refractivity contribution >= 4 is 5.91 Å². The molecule has 3 nitrogen and oxygen atoms in total. The third-order valence-corrected chi connectivity index (χ3v) is 2.20. The summed E-state index contributed by atoms with van der Waals surface area (Å²) in [5.41, 5.74) is 5.72. The molecule has 1 unspecified atom stereocenters. The molecule has 0 saturated heterocycles. The predicted molar refractivity (Wildman–Crippen MR) is 63.1 cm³/mol. The van der Waals surface area contributed by atoms with Gasteiger partial charge in [0.25, 0.3) is 0 Å². The van der Waals surface area contributed by atoms with Crippen molar-refractivity contribution in [3.05, 3.63) is 0 Å². The molecule has 0 bridgehead atoms. The Morgan fingerprint density at radius 2 is 2.07 bits per heavy atom. The number of amides is 1. The molecule has 1 atom stereocenters. The molecule has 86 valence electrons. The van der Waals surface area contributed by atoms with Crippen molar-refractivity contribution in [2.24, 2.45) is 17.1 Å². The minimum Gasteiger partial charge on any atom is -0.334 e. The van der Waals surface area contributed by atoms with Crippen LogP contribution in [0.5, 0.6) is 0 Å². The van der Waals surface area contributed by atoms with Crippen molar-refractivity contribution < 1.29 is 4.79 Å². The third-order valence-electron chi connectivity index (χ3n) is 2.20. The van der Waals surface area contributed by atoms with Crippen LogP contribution in [0.15, 0.2) is 0 Å². The van der Waals surface area contributed by atoms with E-state index in [1.807, 2.05) is 0 Å². The van der Waals surface area contributed by atoms with E-state index in [-0.39, 0.29) is 17.2 Å². The number of carbonyl (C=O) groups excluding carboxylic acids is 1. The molecule has 0 aromatic rings. The first-order chi connectivity index (χ1) is 6.81. The van der Waals surface area contributed by atoms with Gasteiger partial charge in [-0.1, -0.05) is 26.7 Å². The van der Waals surface area contributed by atoms with Gasteiger partial charge in [-0.2, -0.15) is 0 Å². The molecule has 1 amide bonds. The van der Waals surface area contributed by atoms with Gasteiger partial charge in [0.1, 0.15) is 0 Å². The number of nitrogens with zero attached hydrogens (tertiary/aromatic N) is 1. The van der Waals surface area contributed by atoms with E-state index < -0.39 is 0 Å². The van der Waals surface area contributed by atoms with Gasteiger partial charge in [0, 0.05) is 13.6 Å². The molecular weight excluding hydrogens is 188 g/mol. The SMILES string of the molecule is C#CCN(C)C(=O)C(CN)CC(C)(C)C. The van der Waals surface area contributed by atoms with Crippen LogP contribution in [-0.2, 0) is 4.79 Å². The minimum absolute atomic E-state index is 0.0466. The van der Waals surface area contributed by atoms with Crippen molar-refractivity contribution in [2.75, 3.05) is 20.1 Å². The van der Waals surface area contributed by atoms with Gasteiger partial charge in [-0.25, -0.2) is 0 Å². The van der Waals surface area contributed by atoms with E-state index in [4.69, 9.17) is 12.2 Å². The summed E-state index contributed by atoms with van der Waals surface area (Å²) >= 11 is 0. The van der Waals surface area contributed by atoms with E-state index in [0.29, 0.717) is 13.1 Å². The monoisotopic (exact) mass is 210 g/mol. The van der Waals surface area contributed by atoms with Gasteiger partial charge < -0.3 is 10.6 Å². The molecule has 2 N–H and O–H groups in total. The van der Waals surface area contributed by atoms with Crippen LogP contribution in [0.2, 0.25) is 0 Å². The number of nitrogens with two attached hydrogens (primary N) is 1. The standard InChI is InChI=1S/C12H22N2O/c1-6-7-14(5)11(15)10(9-13)8-12(2,3)4/h1,10H,7-9,13H2,2-5H3. The molecule has 0 aliphatic heterocycles. The Kier molecular flexibility index (Phi) is 5.38. The quantitative estimate of drug-likeness (QED) is 0.706. The highest BCUT2D eigenvalue weighted by Crippen LogP contribution is 2.24. The maximum Gasteiger partial charge on any atom is 0.227 e. The summed E-state index contributed by atoms with van der Waals surface area (Å²) in [4.78, 5) is 13.5. The van der Waals surface area contributed by atoms with Crippen molar-refractivity contribution in [3.63, 3.8) is 0 Å². The van der Waals surface area contributed by atoms with Crippen LogP contribution in [0.25, 0.3) is 0 Å². The Labute approximate surface area is 93.0 Å². The largest absolute Gasteiger partial charge is 0.334 e. The first-order valence-corrected chi connectivity index (χ1v) is 5.20. The van der Waals surface area contributed by atoms with Crippen LogP contribution in [0, 0.1) is 23.7 Å². The van der Waals surface area contributed by atoms with E-state index >= 15 is 0 Å². The predicted octanol–water partition coefficient (Wildman–Crippen LogP) is 1.09. The Bertz CT molecular complexity index is 247. The number of hydrogen-bond donors (Lipinski definition) is 1. The number of hydrogen-bond acceptors (Lipinski definition) is 2. The van der Waals surface area contributed by atoms with Crippen LogP contribution in [0.4, 0.5) is 0 Å². The molecule has 0 aromatic carbocycles. The molecule has 15 heavy (non-hydrogen) atoms. The first-order valence-electron chi connectivity index (χ1n) is 5.20. The average molecular weight is 210 g/mol. The van der Waals surface area contributed by atoms with E-state index in [0.717, 1.165) is 6.42 Å². The highest BCUT2D eigenvalue weighted by Gasteiger charge is 2.25. The van der Waals surface area contributed by atoms with Crippen molar-refractivity contribution in [2.45, 2.75) is 27.2 Å². The van der Waals surface area contributed by atoms with Crippen LogP contribution >= 0.6 is 0 Å². The van der Waals surface area contributed by atoms with Gasteiger partial charge in [0.2, 0.25) is 5.91 Å². The first kappa shape index (κ1) is 14.0. The summed E-state index contributed by atoms with van der Waals surface area (Å²) in [6.07, 6.45) is 5.95. The maximum atomic E-state index is 11.9. The summed E-state index contributed by atoms with van der Waals surface area (Å²) in [7, 11) is 1.72. The molecule has 3 heteroatoms. The highest BCUT2D eigenvalue weighted by atomic mass is 16.2. The maximum absolute atomic E-state index is 11.9. The zero-order valence-electron chi connectivity index (χ0n) is 10.2. The lowest BCUT2D eigenvalue weighted by Crippen LogP contribution is -2.38. The van der Waals surface area contributed by atoms with Crippen molar-refractivity contribution in [3.8, 4) is 12.3 Å². The Morgan fingerprint density at radius 1 is 1.53 bits per heavy atom. The summed E-state index contributed by atoms with van der Waals surface area (Å²) in [5, 5.41) is 0. The van der Waals surface area contributed by atoms with E-state index in [2.05, 4.69) is 26.7 Å². The Hall–Kier alpha value is -1.01. The van der Waals surface area contributed by atoms with Gasteiger partial charge >= 0.3 is 0 Å². The fraction of sp³-hybridized carbons (Fsp3) is 0.750. The fourth-order valence-electron chi connectivity index (χ4n) is 1.54. The molecule has 0 heterocycles. The molecule has 0 radical (unpaired) electrons. The third kappa shape index (κ3) is 5.44. The average Bonchev–Trinajstić information content (AvgIpc) is 2.12. The molecule has 0 saturated carbocycles. The molecule has 0 aromatic heterocycles. The molecule has 0 aliphatic carbocycles. The normalized spacial score (nSPS) is 13.1. The van der Waals surface area contributed by atoms with Crippen molar-refractivity contribution in [1.29, 1.82) is 0 Å². The summed E-state index contributed by atoms with van der Waals surface area (Å²) in [6.45, 7) is 7.03.